The Morgan fingerprint density at radius 3 is 2.38 bits per heavy atom. The Balaban J connectivity index is 1.76. The lowest BCUT2D eigenvalue weighted by Gasteiger charge is -2.11. The van der Waals surface area contributed by atoms with Crippen molar-refractivity contribution < 1.29 is 19.0 Å². The van der Waals surface area contributed by atoms with Gasteiger partial charge >= 0.3 is 6.03 Å². The van der Waals surface area contributed by atoms with Crippen LogP contribution in [0.1, 0.15) is 5.56 Å². The van der Waals surface area contributed by atoms with Crippen molar-refractivity contribution in [1.29, 1.82) is 0 Å². The average Bonchev–Trinajstić information content (AvgIpc) is 2.60. The van der Waals surface area contributed by atoms with E-state index in [-0.39, 0.29) is 6.03 Å². The van der Waals surface area contributed by atoms with Crippen LogP contribution in [-0.2, 0) is 0 Å². The van der Waals surface area contributed by atoms with E-state index in [1.807, 2.05) is 31.2 Å². The van der Waals surface area contributed by atoms with Crippen molar-refractivity contribution in [1.82, 2.24) is 5.32 Å². The third-order valence-corrected chi connectivity index (χ3v) is 3.32. The standard InChI is InChI=1S/C18H22N2O4/c1-13-4-7-15(8-5-13)24-11-10-19-18(21)20-14-6-9-16(22-2)17(12-14)23-3/h4-9,12H,10-11H2,1-3H3,(H2,19,20,21). The third kappa shape index (κ3) is 5.08. The number of methoxy groups -OCH3 is 2. The molecule has 24 heavy (non-hydrogen) atoms. The number of nitrogens with one attached hydrogen (secondary N) is 2. The van der Waals surface area contributed by atoms with Gasteiger partial charge in [0.2, 0.25) is 0 Å². The summed E-state index contributed by atoms with van der Waals surface area (Å²) in [4.78, 5) is 11.9. The highest BCUT2D eigenvalue weighted by molar-refractivity contribution is 5.89. The molecule has 0 aliphatic rings. The number of aryl methyl sites for hydroxylation is 1. The molecule has 0 unspecified atom stereocenters. The summed E-state index contributed by atoms with van der Waals surface area (Å²) in [7, 11) is 3.11. The van der Waals surface area contributed by atoms with Crippen LogP contribution in [0.3, 0.4) is 0 Å². The molecule has 2 aromatic rings. The van der Waals surface area contributed by atoms with Gasteiger partial charge in [0.05, 0.1) is 20.8 Å². The quantitative estimate of drug-likeness (QED) is 0.765. The summed E-state index contributed by atoms with van der Waals surface area (Å²) in [5, 5.41) is 5.46. The molecule has 0 saturated heterocycles. The zero-order valence-corrected chi connectivity index (χ0v) is 14.1. The van der Waals surface area contributed by atoms with Crippen molar-refractivity contribution in [2.45, 2.75) is 6.92 Å². The van der Waals surface area contributed by atoms with Crippen LogP contribution in [0.4, 0.5) is 10.5 Å². The van der Waals surface area contributed by atoms with Crippen molar-refractivity contribution in [3.05, 3.63) is 48.0 Å². The van der Waals surface area contributed by atoms with Gasteiger partial charge in [0.15, 0.2) is 11.5 Å². The van der Waals surface area contributed by atoms with Crippen molar-refractivity contribution >= 4 is 11.7 Å². The maximum absolute atomic E-state index is 11.9. The fourth-order valence-electron chi connectivity index (χ4n) is 2.06. The second-order valence-corrected chi connectivity index (χ2v) is 5.11. The molecule has 0 spiro atoms. The molecule has 0 aliphatic carbocycles. The van der Waals surface area contributed by atoms with E-state index < -0.39 is 0 Å². The molecular weight excluding hydrogens is 308 g/mol. The maximum atomic E-state index is 11.9. The Morgan fingerprint density at radius 1 is 1.00 bits per heavy atom. The zero-order chi connectivity index (χ0) is 17.4. The first-order valence-electron chi connectivity index (χ1n) is 7.58. The van der Waals surface area contributed by atoms with Crippen LogP contribution in [-0.4, -0.2) is 33.4 Å². The van der Waals surface area contributed by atoms with Gasteiger partial charge in [-0.05, 0) is 31.2 Å². The van der Waals surface area contributed by atoms with Gasteiger partial charge in [-0.25, -0.2) is 4.79 Å². The van der Waals surface area contributed by atoms with E-state index in [0.29, 0.717) is 30.3 Å². The van der Waals surface area contributed by atoms with Crippen LogP contribution in [0.25, 0.3) is 0 Å². The van der Waals surface area contributed by atoms with Crippen molar-refractivity contribution in [2.24, 2.45) is 0 Å². The first-order chi connectivity index (χ1) is 11.6. The second-order valence-electron chi connectivity index (χ2n) is 5.11. The van der Waals surface area contributed by atoms with E-state index in [4.69, 9.17) is 14.2 Å². The minimum atomic E-state index is -0.310. The highest BCUT2D eigenvalue weighted by Crippen LogP contribution is 2.29. The molecule has 0 radical (unpaired) electrons. The van der Waals surface area contributed by atoms with Crippen LogP contribution in [0.2, 0.25) is 0 Å². The highest BCUT2D eigenvalue weighted by Gasteiger charge is 2.07. The minimum Gasteiger partial charge on any atom is -0.493 e. The van der Waals surface area contributed by atoms with Gasteiger partial charge in [0.1, 0.15) is 12.4 Å². The molecule has 6 heteroatoms. The third-order valence-electron chi connectivity index (χ3n) is 3.32. The van der Waals surface area contributed by atoms with Gasteiger partial charge in [-0.2, -0.15) is 0 Å². The molecule has 0 saturated carbocycles. The number of hydrogen-bond donors (Lipinski definition) is 2. The first kappa shape index (κ1) is 17.5. The number of ether oxygens (including phenoxy) is 3. The van der Waals surface area contributed by atoms with Crippen LogP contribution in [0.5, 0.6) is 17.2 Å². The van der Waals surface area contributed by atoms with Gasteiger partial charge in [0.25, 0.3) is 0 Å². The molecule has 2 amide bonds. The van der Waals surface area contributed by atoms with Gasteiger partial charge in [-0.15, -0.1) is 0 Å². The van der Waals surface area contributed by atoms with Crippen molar-refractivity contribution in [3.8, 4) is 17.2 Å². The summed E-state index contributed by atoms with van der Waals surface area (Å²) in [6, 6.07) is 12.6. The summed E-state index contributed by atoms with van der Waals surface area (Å²) in [5.41, 5.74) is 1.79. The van der Waals surface area contributed by atoms with E-state index in [1.54, 1.807) is 32.4 Å². The molecule has 0 aromatic heterocycles. The number of carbonyl (C=O) groups excluding carboxylic acids is 1. The molecule has 0 fully saturated rings. The first-order valence-corrected chi connectivity index (χ1v) is 7.58. The summed E-state index contributed by atoms with van der Waals surface area (Å²) in [6.45, 7) is 2.80. The Labute approximate surface area is 141 Å². The number of benzene rings is 2. The molecule has 2 N–H and O–H groups in total. The fraction of sp³-hybridized carbons (Fsp3) is 0.278. The normalized spacial score (nSPS) is 9.96. The maximum Gasteiger partial charge on any atom is 0.319 e. The molecule has 0 aliphatic heterocycles. The van der Waals surface area contributed by atoms with Crippen molar-refractivity contribution in [3.63, 3.8) is 0 Å². The SMILES string of the molecule is COc1ccc(NC(=O)NCCOc2ccc(C)cc2)cc1OC. The van der Waals surface area contributed by atoms with Crippen LogP contribution < -0.4 is 24.8 Å². The number of amides is 2. The van der Waals surface area contributed by atoms with Crippen molar-refractivity contribution in [2.75, 3.05) is 32.7 Å². The number of urea groups is 1. The van der Waals surface area contributed by atoms with E-state index in [9.17, 15) is 4.79 Å². The summed E-state index contributed by atoms with van der Waals surface area (Å²) >= 11 is 0. The topological polar surface area (TPSA) is 68.8 Å². The molecule has 0 heterocycles. The van der Waals surface area contributed by atoms with Gasteiger partial charge in [0, 0.05) is 11.8 Å². The lowest BCUT2D eigenvalue weighted by atomic mass is 10.2. The van der Waals surface area contributed by atoms with Crippen LogP contribution in [0, 0.1) is 6.92 Å². The van der Waals surface area contributed by atoms with E-state index in [0.717, 1.165) is 5.75 Å². The minimum absolute atomic E-state index is 0.310. The highest BCUT2D eigenvalue weighted by atomic mass is 16.5. The molecule has 0 bridgehead atoms. The van der Waals surface area contributed by atoms with Gasteiger partial charge in [-0.3, -0.25) is 0 Å². The second kappa shape index (κ2) is 8.67. The fourth-order valence-corrected chi connectivity index (χ4v) is 2.06. The summed E-state index contributed by atoms with van der Waals surface area (Å²) < 4.78 is 15.9. The average molecular weight is 330 g/mol. The molecule has 2 aromatic carbocycles. The molecule has 128 valence electrons. The monoisotopic (exact) mass is 330 g/mol. The number of hydrogen-bond acceptors (Lipinski definition) is 4. The molecular formula is C18H22N2O4. The van der Waals surface area contributed by atoms with E-state index >= 15 is 0 Å². The zero-order valence-electron chi connectivity index (χ0n) is 14.1. The lowest BCUT2D eigenvalue weighted by molar-refractivity contribution is 0.247. The molecule has 0 atom stereocenters. The van der Waals surface area contributed by atoms with E-state index in [1.165, 1.54) is 5.56 Å². The van der Waals surface area contributed by atoms with E-state index in [2.05, 4.69) is 10.6 Å². The lowest BCUT2D eigenvalue weighted by Crippen LogP contribution is -2.32. The Morgan fingerprint density at radius 2 is 1.71 bits per heavy atom. The smallest absolute Gasteiger partial charge is 0.319 e. The van der Waals surface area contributed by atoms with Gasteiger partial charge in [-0.1, -0.05) is 17.7 Å². The predicted molar refractivity (Wildman–Crippen MR) is 93.2 cm³/mol. The van der Waals surface area contributed by atoms with Gasteiger partial charge < -0.3 is 24.8 Å². The number of carbonyl (C=O) groups is 1. The largest absolute Gasteiger partial charge is 0.493 e. The van der Waals surface area contributed by atoms with Crippen LogP contribution >= 0.6 is 0 Å². The Bertz CT molecular complexity index is 671. The Kier molecular flexibility index (Phi) is 6.31. The summed E-state index contributed by atoms with van der Waals surface area (Å²) in [6.07, 6.45) is 0. The summed E-state index contributed by atoms with van der Waals surface area (Å²) in [5.74, 6) is 1.94. The molecule has 2 rings (SSSR count). The Hall–Kier alpha value is -2.89. The molecule has 6 nitrogen and oxygen atoms in total. The number of anilines is 1. The predicted octanol–water partition coefficient (Wildman–Crippen LogP) is 3.21. The van der Waals surface area contributed by atoms with Crippen LogP contribution in [0.15, 0.2) is 42.5 Å². The number of rotatable bonds is 7.